The van der Waals surface area contributed by atoms with Crippen LogP contribution in [-0.2, 0) is 9.53 Å². The second-order valence-electron chi connectivity index (χ2n) is 14.6. The van der Waals surface area contributed by atoms with Crippen molar-refractivity contribution in [2.75, 3.05) is 45.7 Å². The standard InChI is InChI=1S/C37H47ClN6O5/c1-42(2)29-20-43(21-29)37(46)49-30-12-10-26(11-13-30)36(45)44(33-17-27(14-15-39-33)32-22-48-34(41-32)25-8-9-25)19-23-4-6-24(7-5-23)28-16-31(38)35(47-3)40-18-28/h14-18,22-26,29-30H,4-13,19-21H2,1-3H3/t23-,24-,26-,30-. The number of methoxy groups -OCH3 is 1. The summed E-state index contributed by atoms with van der Waals surface area (Å²) < 4.78 is 16.9. The third kappa shape index (κ3) is 7.72. The Morgan fingerprint density at radius 3 is 2.39 bits per heavy atom. The Labute approximate surface area is 293 Å². The summed E-state index contributed by atoms with van der Waals surface area (Å²) in [6, 6.07) is 6.26. The Morgan fingerprint density at radius 2 is 1.71 bits per heavy atom. The summed E-state index contributed by atoms with van der Waals surface area (Å²) in [6.45, 7) is 2.00. The SMILES string of the molecule is COc1ncc([C@H]2CC[C@H](CN(c3cc(-c4coc(C5CC5)n4)ccn3)C(=O)[C@H]3CC[C@H](OC(=O)N4CC(N(C)C)C4)CC3)CC2)cc1Cl. The van der Waals surface area contributed by atoms with Crippen LogP contribution in [0.1, 0.15) is 87.5 Å². The van der Waals surface area contributed by atoms with Crippen LogP contribution in [0.3, 0.4) is 0 Å². The van der Waals surface area contributed by atoms with Crippen LogP contribution in [0.25, 0.3) is 11.3 Å². The number of oxazole rings is 1. The lowest BCUT2D eigenvalue weighted by atomic mass is 9.78. The fourth-order valence-electron chi connectivity index (χ4n) is 7.51. The van der Waals surface area contributed by atoms with E-state index in [0.29, 0.717) is 85.8 Å². The van der Waals surface area contributed by atoms with Crippen LogP contribution in [0.2, 0.25) is 5.02 Å². The van der Waals surface area contributed by atoms with Gasteiger partial charge in [-0.15, -0.1) is 0 Å². The molecule has 0 atom stereocenters. The molecule has 4 fully saturated rings. The van der Waals surface area contributed by atoms with Crippen LogP contribution < -0.4 is 9.64 Å². The highest BCUT2D eigenvalue weighted by Crippen LogP contribution is 2.41. The summed E-state index contributed by atoms with van der Waals surface area (Å²) >= 11 is 6.39. The van der Waals surface area contributed by atoms with Gasteiger partial charge in [0.25, 0.3) is 0 Å². The first kappa shape index (κ1) is 33.8. The lowest BCUT2D eigenvalue weighted by molar-refractivity contribution is -0.124. The molecule has 12 heteroatoms. The van der Waals surface area contributed by atoms with Gasteiger partial charge in [0.1, 0.15) is 28.9 Å². The third-order valence-corrected chi connectivity index (χ3v) is 11.2. The van der Waals surface area contributed by atoms with Crippen molar-refractivity contribution in [3.63, 3.8) is 0 Å². The summed E-state index contributed by atoms with van der Waals surface area (Å²) in [5, 5.41) is 0.532. The minimum atomic E-state index is -0.239. The molecule has 4 heterocycles. The average Bonchev–Trinajstić information content (AvgIpc) is 3.82. The van der Waals surface area contributed by atoms with E-state index < -0.39 is 0 Å². The molecule has 2 amide bonds. The zero-order valence-electron chi connectivity index (χ0n) is 28.7. The predicted molar refractivity (Wildman–Crippen MR) is 186 cm³/mol. The van der Waals surface area contributed by atoms with Crippen molar-refractivity contribution in [2.24, 2.45) is 11.8 Å². The Balaban J connectivity index is 1.02. The van der Waals surface area contributed by atoms with Gasteiger partial charge in [-0.05, 0) is 114 Å². The van der Waals surface area contributed by atoms with E-state index in [1.165, 1.54) is 0 Å². The first-order valence-electron chi connectivity index (χ1n) is 17.8. The molecule has 7 rings (SSSR count). The van der Waals surface area contributed by atoms with Gasteiger partial charge < -0.3 is 23.7 Å². The van der Waals surface area contributed by atoms with Gasteiger partial charge in [-0.1, -0.05) is 11.6 Å². The first-order valence-corrected chi connectivity index (χ1v) is 18.2. The number of ether oxygens (including phenoxy) is 2. The minimum Gasteiger partial charge on any atom is -0.480 e. The van der Waals surface area contributed by atoms with Crippen LogP contribution in [0.4, 0.5) is 10.6 Å². The van der Waals surface area contributed by atoms with Crippen molar-refractivity contribution >= 4 is 29.4 Å². The van der Waals surface area contributed by atoms with Crippen LogP contribution in [0.5, 0.6) is 5.88 Å². The number of carbonyl (C=O) groups excluding carboxylic acids is 2. The fourth-order valence-corrected chi connectivity index (χ4v) is 7.76. The molecule has 1 aliphatic heterocycles. The van der Waals surface area contributed by atoms with Crippen molar-refractivity contribution in [2.45, 2.75) is 88.2 Å². The maximum absolute atomic E-state index is 14.4. The zero-order valence-corrected chi connectivity index (χ0v) is 29.5. The van der Waals surface area contributed by atoms with Gasteiger partial charge >= 0.3 is 6.09 Å². The Hall–Kier alpha value is -3.70. The van der Waals surface area contributed by atoms with E-state index in [2.05, 4.69) is 9.88 Å². The summed E-state index contributed by atoms with van der Waals surface area (Å²) in [5.41, 5.74) is 2.80. The molecule has 0 bridgehead atoms. The number of anilines is 1. The molecule has 3 aromatic rings. The maximum atomic E-state index is 14.4. The van der Waals surface area contributed by atoms with Crippen LogP contribution >= 0.6 is 11.6 Å². The number of carbonyl (C=O) groups is 2. The number of aromatic nitrogens is 3. The smallest absolute Gasteiger partial charge is 0.410 e. The van der Waals surface area contributed by atoms with Gasteiger partial charge in [-0.25, -0.2) is 19.7 Å². The van der Waals surface area contributed by atoms with E-state index in [9.17, 15) is 9.59 Å². The Bertz CT molecular complexity index is 1620. The van der Waals surface area contributed by atoms with Crippen molar-refractivity contribution in [1.29, 1.82) is 0 Å². The molecule has 0 unspecified atom stereocenters. The number of hydrogen-bond acceptors (Lipinski definition) is 9. The summed E-state index contributed by atoms with van der Waals surface area (Å²) in [6.07, 6.45) is 13.9. The number of halogens is 1. The van der Waals surface area contributed by atoms with Crippen LogP contribution in [-0.4, -0.2) is 89.7 Å². The van der Waals surface area contributed by atoms with Crippen molar-refractivity contribution in [1.82, 2.24) is 24.8 Å². The molecule has 11 nitrogen and oxygen atoms in total. The summed E-state index contributed by atoms with van der Waals surface area (Å²) in [7, 11) is 5.63. The quantitative estimate of drug-likeness (QED) is 0.224. The molecule has 0 radical (unpaired) electrons. The van der Waals surface area contributed by atoms with E-state index in [1.54, 1.807) is 24.5 Å². The molecule has 49 heavy (non-hydrogen) atoms. The van der Waals surface area contributed by atoms with Gasteiger partial charge in [0.2, 0.25) is 11.8 Å². The number of amides is 2. The van der Waals surface area contributed by atoms with Gasteiger partial charge in [0, 0.05) is 55.5 Å². The zero-order chi connectivity index (χ0) is 34.1. The molecular formula is C37H47ClN6O5. The molecular weight excluding hydrogens is 644 g/mol. The van der Waals surface area contributed by atoms with E-state index in [4.69, 9.17) is 35.5 Å². The van der Waals surface area contributed by atoms with E-state index in [-0.39, 0.29) is 24.0 Å². The first-order chi connectivity index (χ1) is 23.7. The minimum absolute atomic E-state index is 0.0954. The molecule has 3 saturated carbocycles. The molecule has 3 aromatic heterocycles. The largest absolute Gasteiger partial charge is 0.480 e. The van der Waals surface area contributed by atoms with Crippen LogP contribution in [0, 0.1) is 11.8 Å². The average molecular weight is 691 g/mol. The second-order valence-corrected chi connectivity index (χ2v) is 15.0. The van der Waals surface area contributed by atoms with Crippen molar-refractivity contribution < 1.29 is 23.5 Å². The topological polar surface area (TPSA) is 114 Å². The summed E-state index contributed by atoms with van der Waals surface area (Å²) in [4.78, 5) is 46.8. The third-order valence-electron chi connectivity index (χ3n) is 11.0. The second kappa shape index (κ2) is 14.6. The number of hydrogen-bond donors (Lipinski definition) is 0. The molecule has 0 spiro atoms. The Kier molecular flexibility index (Phi) is 10.1. The molecule has 3 aliphatic carbocycles. The van der Waals surface area contributed by atoms with Gasteiger partial charge in [0.15, 0.2) is 5.89 Å². The lowest BCUT2D eigenvalue weighted by Crippen LogP contribution is -2.59. The van der Waals surface area contributed by atoms with Crippen LogP contribution in [0.15, 0.2) is 41.3 Å². The van der Waals surface area contributed by atoms with E-state index in [1.807, 2.05) is 43.4 Å². The number of nitrogens with zero attached hydrogens (tertiary/aromatic N) is 6. The highest BCUT2D eigenvalue weighted by molar-refractivity contribution is 6.31. The van der Waals surface area contributed by atoms with E-state index in [0.717, 1.165) is 61.2 Å². The molecule has 4 aliphatic rings. The van der Waals surface area contributed by atoms with Gasteiger partial charge in [-0.3, -0.25) is 9.69 Å². The number of likely N-dealkylation sites (N-methyl/N-ethyl adjacent to an activating group) is 1. The monoisotopic (exact) mass is 690 g/mol. The number of likely N-dealkylation sites (tertiary alicyclic amines) is 1. The molecule has 1 saturated heterocycles. The predicted octanol–water partition coefficient (Wildman–Crippen LogP) is 6.92. The number of rotatable bonds is 10. The maximum Gasteiger partial charge on any atom is 0.410 e. The number of pyridine rings is 2. The molecule has 262 valence electrons. The van der Waals surface area contributed by atoms with Crippen molar-refractivity contribution in [3.05, 3.63) is 53.3 Å². The summed E-state index contributed by atoms with van der Waals surface area (Å²) in [5.74, 6) is 2.94. The Morgan fingerprint density at radius 1 is 0.980 bits per heavy atom. The molecule has 0 N–H and O–H groups in total. The highest BCUT2D eigenvalue weighted by atomic mass is 35.5. The van der Waals surface area contributed by atoms with Gasteiger partial charge in [0.05, 0.1) is 7.11 Å². The molecule has 0 aromatic carbocycles. The highest BCUT2D eigenvalue weighted by Gasteiger charge is 2.37. The van der Waals surface area contributed by atoms with E-state index >= 15 is 0 Å². The normalized spacial score (nSPS) is 24.4. The fraction of sp³-hybridized carbons (Fsp3) is 0.595. The lowest BCUT2D eigenvalue weighted by Gasteiger charge is -2.42. The van der Waals surface area contributed by atoms with Gasteiger partial charge in [-0.2, -0.15) is 0 Å². The van der Waals surface area contributed by atoms with Crippen molar-refractivity contribution in [3.8, 4) is 17.1 Å².